The maximum Gasteiger partial charge on any atom is 0.305 e. The van der Waals surface area contributed by atoms with E-state index < -0.39 is 17.4 Å². The lowest BCUT2D eigenvalue weighted by molar-refractivity contribution is -0.139. The van der Waals surface area contributed by atoms with E-state index >= 15 is 0 Å². The minimum Gasteiger partial charge on any atom is -0.489 e. The van der Waals surface area contributed by atoms with E-state index in [1.807, 2.05) is 12.1 Å². The number of halogens is 1. The molecule has 1 unspecified atom stereocenters. The lowest BCUT2D eigenvalue weighted by atomic mass is 9.98. The van der Waals surface area contributed by atoms with Crippen LogP contribution in [-0.2, 0) is 16.1 Å². The molecule has 0 aliphatic heterocycles. The molecule has 2 aromatic rings. The van der Waals surface area contributed by atoms with Gasteiger partial charge in [-0.05, 0) is 42.8 Å². The quantitative estimate of drug-likeness (QED) is 0.683. The highest BCUT2D eigenvalue weighted by molar-refractivity contribution is 6.30. The molecule has 27 heavy (non-hydrogen) atoms. The minimum absolute atomic E-state index is 0.0811. The number of nitrogens with one attached hydrogen (secondary N) is 1. The first-order chi connectivity index (χ1) is 12.8. The van der Waals surface area contributed by atoms with Gasteiger partial charge in [0.1, 0.15) is 12.4 Å². The molecule has 2 N–H and O–H groups in total. The van der Waals surface area contributed by atoms with Crippen molar-refractivity contribution in [3.63, 3.8) is 0 Å². The average molecular weight is 392 g/mol. The van der Waals surface area contributed by atoms with Crippen molar-refractivity contribution in [3.05, 3.63) is 64.7 Å². The summed E-state index contributed by atoms with van der Waals surface area (Å²) in [7, 11) is 1.46. The van der Waals surface area contributed by atoms with Gasteiger partial charge in [0.25, 0.3) is 5.91 Å². The van der Waals surface area contributed by atoms with Crippen LogP contribution in [0.15, 0.2) is 48.5 Å². The zero-order chi connectivity index (χ0) is 19.9. The van der Waals surface area contributed by atoms with Crippen molar-refractivity contribution in [3.8, 4) is 5.75 Å². The second-order valence-electron chi connectivity index (χ2n) is 6.46. The first-order valence-corrected chi connectivity index (χ1v) is 8.70. The van der Waals surface area contributed by atoms with Gasteiger partial charge in [0, 0.05) is 17.7 Å². The summed E-state index contributed by atoms with van der Waals surface area (Å²) in [5.74, 6) is -0.882. The number of carboxylic acid groups (broad SMARTS) is 1. The van der Waals surface area contributed by atoms with Gasteiger partial charge >= 0.3 is 5.97 Å². The Kier molecular flexibility index (Phi) is 7.21. The summed E-state index contributed by atoms with van der Waals surface area (Å²) in [4.78, 5) is 23.6. The van der Waals surface area contributed by atoms with E-state index in [2.05, 4.69) is 5.32 Å². The fourth-order valence-electron chi connectivity index (χ4n) is 2.60. The SMILES string of the molecule is COCC(C)(CC(=O)O)NC(=O)c1cccc(OCc2ccc(Cl)cc2)c1. The minimum atomic E-state index is -1.02. The van der Waals surface area contributed by atoms with Crippen molar-refractivity contribution in [2.75, 3.05) is 13.7 Å². The summed E-state index contributed by atoms with van der Waals surface area (Å²) >= 11 is 5.86. The van der Waals surface area contributed by atoms with Crippen molar-refractivity contribution >= 4 is 23.5 Å². The maximum atomic E-state index is 12.6. The van der Waals surface area contributed by atoms with E-state index in [0.29, 0.717) is 22.9 Å². The molecule has 0 fully saturated rings. The van der Waals surface area contributed by atoms with Crippen LogP contribution < -0.4 is 10.1 Å². The van der Waals surface area contributed by atoms with Gasteiger partial charge in [-0.2, -0.15) is 0 Å². The summed E-state index contributed by atoms with van der Waals surface area (Å²) in [6.07, 6.45) is -0.251. The Morgan fingerprint density at radius 1 is 1.19 bits per heavy atom. The van der Waals surface area contributed by atoms with Crippen molar-refractivity contribution < 1.29 is 24.2 Å². The second kappa shape index (κ2) is 9.39. The molecule has 0 bridgehead atoms. The molecule has 1 amide bonds. The predicted molar refractivity (Wildman–Crippen MR) is 102 cm³/mol. The Morgan fingerprint density at radius 3 is 2.52 bits per heavy atom. The van der Waals surface area contributed by atoms with Crippen LogP contribution in [0.5, 0.6) is 5.75 Å². The number of hydrogen-bond acceptors (Lipinski definition) is 4. The van der Waals surface area contributed by atoms with E-state index in [4.69, 9.17) is 26.2 Å². The first kappa shape index (κ1) is 20.7. The van der Waals surface area contributed by atoms with Crippen molar-refractivity contribution in [2.45, 2.75) is 25.5 Å². The molecular weight excluding hydrogens is 370 g/mol. The van der Waals surface area contributed by atoms with Crippen LogP contribution in [-0.4, -0.2) is 36.2 Å². The monoisotopic (exact) mass is 391 g/mol. The summed E-state index contributed by atoms with van der Waals surface area (Å²) < 4.78 is 10.8. The molecule has 0 aromatic heterocycles. The molecule has 2 rings (SSSR count). The maximum absolute atomic E-state index is 12.6. The van der Waals surface area contributed by atoms with Gasteiger partial charge in [0.15, 0.2) is 0 Å². The molecule has 0 heterocycles. The smallest absolute Gasteiger partial charge is 0.305 e. The van der Waals surface area contributed by atoms with Gasteiger partial charge in [-0.3, -0.25) is 9.59 Å². The fraction of sp³-hybridized carbons (Fsp3) is 0.300. The molecule has 0 spiro atoms. The Hall–Kier alpha value is -2.57. The molecule has 144 valence electrons. The molecule has 0 aliphatic rings. The standard InChI is InChI=1S/C20H22ClNO5/c1-20(13-26-2,11-18(23)24)22-19(25)15-4-3-5-17(10-15)27-12-14-6-8-16(21)9-7-14/h3-10H,11-13H2,1-2H3,(H,22,25)(H,23,24). The number of carbonyl (C=O) groups is 2. The molecule has 0 radical (unpaired) electrons. The molecule has 0 saturated carbocycles. The zero-order valence-corrected chi connectivity index (χ0v) is 16.0. The molecule has 0 aliphatic carbocycles. The number of methoxy groups -OCH3 is 1. The molecule has 7 heteroatoms. The van der Waals surface area contributed by atoms with Gasteiger partial charge in [-0.25, -0.2) is 0 Å². The van der Waals surface area contributed by atoms with E-state index in [0.717, 1.165) is 5.56 Å². The van der Waals surface area contributed by atoms with Crippen LogP contribution in [0.4, 0.5) is 0 Å². The highest BCUT2D eigenvalue weighted by Crippen LogP contribution is 2.18. The summed E-state index contributed by atoms with van der Waals surface area (Å²) in [5, 5.41) is 12.4. The van der Waals surface area contributed by atoms with Crippen LogP contribution in [0.1, 0.15) is 29.3 Å². The van der Waals surface area contributed by atoms with Crippen LogP contribution in [0.25, 0.3) is 0 Å². The Balaban J connectivity index is 2.05. The normalized spacial score (nSPS) is 12.9. The average Bonchev–Trinajstić information content (AvgIpc) is 2.60. The third-order valence-electron chi connectivity index (χ3n) is 3.83. The molecule has 6 nitrogen and oxygen atoms in total. The van der Waals surface area contributed by atoms with Crippen LogP contribution in [0, 0.1) is 0 Å². The van der Waals surface area contributed by atoms with Gasteiger partial charge < -0.3 is 19.9 Å². The molecule has 0 saturated heterocycles. The second-order valence-corrected chi connectivity index (χ2v) is 6.90. The number of rotatable bonds is 9. The van der Waals surface area contributed by atoms with Crippen LogP contribution in [0.3, 0.4) is 0 Å². The van der Waals surface area contributed by atoms with Gasteiger partial charge in [-0.1, -0.05) is 29.8 Å². The van der Waals surface area contributed by atoms with Crippen LogP contribution in [0.2, 0.25) is 5.02 Å². The van der Waals surface area contributed by atoms with Gasteiger partial charge in [-0.15, -0.1) is 0 Å². The Bertz CT molecular complexity index is 793. The predicted octanol–water partition coefficient (Wildman–Crippen LogP) is 3.53. The largest absolute Gasteiger partial charge is 0.489 e. The summed E-state index contributed by atoms with van der Waals surface area (Å²) in [6.45, 7) is 2.05. The Labute approximate surface area is 163 Å². The first-order valence-electron chi connectivity index (χ1n) is 8.32. The number of amides is 1. The third kappa shape index (κ3) is 6.58. The number of benzene rings is 2. The van der Waals surface area contributed by atoms with E-state index in [9.17, 15) is 9.59 Å². The number of hydrogen-bond donors (Lipinski definition) is 2. The number of aliphatic carboxylic acids is 1. The lowest BCUT2D eigenvalue weighted by Gasteiger charge is -2.28. The topological polar surface area (TPSA) is 84.9 Å². The third-order valence-corrected chi connectivity index (χ3v) is 4.09. The van der Waals surface area contributed by atoms with Crippen LogP contribution >= 0.6 is 11.6 Å². The lowest BCUT2D eigenvalue weighted by Crippen LogP contribution is -2.50. The summed E-state index contributed by atoms with van der Waals surface area (Å²) in [5.41, 5.74) is 0.303. The van der Waals surface area contributed by atoms with Crippen molar-refractivity contribution in [1.29, 1.82) is 0 Å². The van der Waals surface area contributed by atoms with E-state index in [-0.39, 0.29) is 13.0 Å². The van der Waals surface area contributed by atoms with Gasteiger partial charge in [0.2, 0.25) is 0 Å². The zero-order valence-electron chi connectivity index (χ0n) is 15.2. The van der Waals surface area contributed by atoms with E-state index in [1.165, 1.54) is 7.11 Å². The molecule has 2 aromatic carbocycles. The van der Waals surface area contributed by atoms with Crippen molar-refractivity contribution in [2.24, 2.45) is 0 Å². The van der Waals surface area contributed by atoms with Crippen molar-refractivity contribution in [1.82, 2.24) is 5.32 Å². The fourth-order valence-corrected chi connectivity index (χ4v) is 2.73. The number of ether oxygens (including phenoxy) is 2. The highest BCUT2D eigenvalue weighted by Gasteiger charge is 2.30. The van der Waals surface area contributed by atoms with E-state index in [1.54, 1.807) is 43.3 Å². The number of carboxylic acids is 1. The van der Waals surface area contributed by atoms with Gasteiger partial charge in [0.05, 0.1) is 18.6 Å². The highest BCUT2D eigenvalue weighted by atomic mass is 35.5. The Morgan fingerprint density at radius 2 is 1.89 bits per heavy atom. The summed E-state index contributed by atoms with van der Waals surface area (Å²) in [6, 6.07) is 14.0. The number of carbonyl (C=O) groups excluding carboxylic acids is 1. The molecule has 1 atom stereocenters. The molecular formula is C20H22ClNO5.